The van der Waals surface area contributed by atoms with Crippen LogP contribution in [0.25, 0.3) is 10.9 Å². The molecule has 1 aromatic carbocycles. The molecule has 0 aliphatic carbocycles. The van der Waals surface area contributed by atoms with Crippen LogP contribution in [0.3, 0.4) is 0 Å². The van der Waals surface area contributed by atoms with Crippen molar-refractivity contribution < 1.29 is 14.3 Å². The van der Waals surface area contributed by atoms with Crippen molar-refractivity contribution >= 4 is 22.8 Å². The number of fused-ring (bicyclic) bond motifs is 1. The van der Waals surface area contributed by atoms with Crippen LogP contribution in [-0.4, -0.2) is 29.0 Å². The second-order valence-corrected chi connectivity index (χ2v) is 5.22. The van der Waals surface area contributed by atoms with Gasteiger partial charge in [-0.2, -0.15) is 0 Å². The van der Waals surface area contributed by atoms with Crippen molar-refractivity contribution in [1.82, 2.24) is 26.1 Å². The van der Waals surface area contributed by atoms with Crippen molar-refractivity contribution in [3.8, 4) is 5.88 Å². The number of aromatic amines is 1. The van der Waals surface area contributed by atoms with Gasteiger partial charge in [0.1, 0.15) is 0 Å². The first-order valence-corrected chi connectivity index (χ1v) is 7.56. The molecule has 0 unspecified atom stereocenters. The van der Waals surface area contributed by atoms with Gasteiger partial charge in [-0.25, -0.2) is 15.2 Å². The number of nitrogens with one attached hydrogen (secondary N) is 4. The van der Waals surface area contributed by atoms with E-state index in [9.17, 15) is 9.59 Å². The zero-order chi connectivity index (χ0) is 17.6. The summed E-state index contributed by atoms with van der Waals surface area (Å²) in [5, 5.41) is 3.40. The summed E-state index contributed by atoms with van der Waals surface area (Å²) >= 11 is 0. The number of benzene rings is 1. The molecule has 3 amide bonds. The van der Waals surface area contributed by atoms with E-state index in [1.807, 2.05) is 24.3 Å². The number of hydrogen-bond acceptors (Lipinski definition) is 4. The van der Waals surface area contributed by atoms with Gasteiger partial charge < -0.3 is 15.0 Å². The monoisotopic (exact) mass is 339 g/mol. The normalized spacial score (nSPS) is 10.3. The minimum atomic E-state index is -0.524. The van der Waals surface area contributed by atoms with Crippen LogP contribution in [0, 0.1) is 0 Å². The number of urea groups is 1. The molecule has 2 heterocycles. The Morgan fingerprint density at radius 2 is 2.00 bits per heavy atom. The van der Waals surface area contributed by atoms with E-state index in [-0.39, 0.29) is 6.54 Å². The van der Waals surface area contributed by atoms with Gasteiger partial charge in [0.25, 0.3) is 5.91 Å². The predicted molar refractivity (Wildman–Crippen MR) is 91.9 cm³/mol. The number of pyridine rings is 1. The Bertz CT molecular complexity index is 889. The van der Waals surface area contributed by atoms with E-state index in [1.165, 1.54) is 7.11 Å². The van der Waals surface area contributed by atoms with E-state index in [0.29, 0.717) is 11.4 Å². The molecule has 2 aromatic heterocycles. The maximum atomic E-state index is 12.2. The van der Waals surface area contributed by atoms with Gasteiger partial charge in [-0.15, -0.1) is 0 Å². The molecule has 25 heavy (non-hydrogen) atoms. The molecule has 0 fully saturated rings. The first-order valence-electron chi connectivity index (χ1n) is 7.56. The van der Waals surface area contributed by atoms with Gasteiger partial charge in [-0.05, 0) is 11.6 Å². The molecule has 4 N–H and O–H groups in total. The fourth-order valence-electron chi connectivity index (χ4n) is 2.30. The van der Waals surface area contributed by atoms with Crippen LogP contribution in [0.1, 0.15) is 15.9 Å². The minimum Gasteiger partial charge on any atom is -0.481 e. The van der Waals surface area contributed by atoms with E-state index in [4.69, 9.17) is 4.74 Å². The van der Waals surface area contributed by atoms with Crippen molar-refractivity contribution in [2.45, 2.75) is 6.54 Å². The third-order valence-electron chi connectivity index (χ3n) is 3.58. The Hall–Kier alpha value is -3.55. The average molecular weight is 339 g/mol. The average Bonchev–Trinajstić information content (AvgIpc) is 3.09. The van der Waals surface area contributed by atoms with Gasteiger partial charge in [0.2, 0.25) is 5.88 Å². The van der Waals surface area contributed by atoms with Gasteiger partial charge in [0.05, 0.1) is 12.7 Å². The Balaban J connectivity index is 1.50. The molecule has 128 valence electrons. The van der Waals surface area contributed by atoms with E-state index < -0.39 is 11.9 Å². The number of hydrazine groups is 1. The quantitative estimate of drug-likeness (QED) is 0.543. The summed E-state index contributed by atoms with van der Waals surface area (Å²) in [6, 6.07) is 10.4. The van der Waals surface area contributed by atoms with Crippen molar-refractivity contribution in [2.75, 3.05) is 7.11 Å². The van der Waals surface area contributed by atoms with Crippen LogP contribution in [0.5, 0.6) is 5.88 Å². The largest absolute Gasteiger partial charge is 0.481 e. The SMILES string of the molecule is COc1ccc(CNC(=O)NNC(=O)c2c[nH]c3ccccc23)cn1. The van der Waals surface area contributed by atoms with Gasteiger partial charge in [-0.3, -0.25) is 10.2 Å². The topological polar surface area (TPSA) is 108 Å². The summed E-state index contributed by atoms with van der Waals surface area (Å²) in [5.74, 6) is 0.0953. The van der Waals surface area contributed by atoms with Crippen LogP contribution in [0.15, 0.2) is 48.8 Å². The standard InChI is InChI=1S/C17H17N5O3/c1-25-15-7-6-11(8-19-15)9-20-17(24)22-21-16(23)13-10-18-14-5-3-2-4-12(13)14/h2-8,10,18H,9H2,1H3,(H,21,23)(H2,20,22,24). The van der Waals surface area contributed by atoms with Crippen LogP contribution >= 0.6 is 0 Å². The molecule has 0 aliphatic rings. The number of aromatic nitrogens is 2. The summed E-state index contributed by atoms with van der Waals surface area (Å²) < 4.78 is 4.96. The summed E-state index contributed by atoms with van der Waals surface area (Å²) in [6.07, 6.45) is 3.20. The molecule has 0 saturated heterocycles. The molecule has 3 aromatic rings. The minimum absolute atomic E-state index is 0.270. The number of carbonyl (C=O) groups excluding carboxylic acids is 2. The van der Waals surface area contributed by atoms with Crippen molar-refractivity contribution in [3.05, 3.63) is 59.9 Å². The lowest BCUT2D eigenvalue weighted by Gasteiger charge is -2.09. The number of rotatable bonds is 4. The first kappa shape index (κ1) is 16.3. The third-order valence-corrected chi connectivity index (χ3v) is 3.58. The van der Waals surface area contributed by atoms with Crippen LogP contribution in [0.4, 0.5) is 4.79 Å². The summed E-state index contributed by atoms with van der Waals surface area (Å²) in [5.41, 5.74) is 6.80. The van der Waals surface area contributed by atoms with Crippen molar-refractivity contribution in [1.29, 1.82) is 0 Å². The molecule has 0 spiro atoms. The van der Waals surface area contributed by atoms with Gasteiger partial charge in [0, 0.05) is 35.9 Å². The molecule has 0 atom stereocenters. The molecular weight excluding hydrogens is 322 g/mol. The Kier molecular flexibility index (Phi) is 4.79. The second-order valence-electron chi connectivity index (χ2n) is 5.22. The maximum Gasteiger partial charge on any atom is 0.333 e. The molecule has 8 nitrogen and oxygen atoms in total. The molecule has 0 aliphatic heterocycles. The van der Waals surface area contributed by atoms with Crippen molar-refractivity contribution in [3.63, 3.8) is 0 Å². The highest BCUT2D eigenvalue weighted by molar-refractivity contribution is 6.06. The van der Waals surface area contributed by atoms with E-state index >= 15 is 0 Å². The highest BCUT2D eigenvalue weighted by Gasteiger charge is 2.12. The number of hydrogen-bond donors (Lipinski definition) is 4. The number of carbonyl (C=O) groups is 2. The smallest absolute Gasteiger partial charge is 0.333 e. The molecule has 3 rings (SSSR count). The number of H-pyrrole nitrogens is 1. The van der Waals surface area contributed by atoms with Crippen LogP contribution in [0.2, 0.25) is 0 Å². The number of amides is 3. The third kappa shape index (κ3) is 3.86. The van der Waals surface area contributed by atoms with Gasteiger partial charge in [0.15, 0.2) is 0 Å². The lowest BCUT2D eigenvalue weighted by molar-refractivity contribution is 0.0938. The van der Waals surface area contributed by atoms with E-state index in [2.05, 4.69) is 26.1 Å². The van der Waals surface area contributed by atoms with Gasteiger partial charge >= 0.3 is 6.03 Å². The van der Waals surface area contributed by atoms with Crippen LogP contribution < -0.4 is 20.9 Å². The zero-order valence-electron chi connectivity index (χ0n) is 13.5. The number of para-hydroxylation sites is 1. The lowest BCUT2D eigenvalue weighted by atomic mass is 10.2. The molecule has 0 saturated carbocycles. The fourth-order valence-corrected chi connectivity index (χ4v) is 2.30. The Morgan fingerprint density at radius 3 is 2.76 bits per heavy atom. The molecular formula is C17H17N5O3. The zero-order valence-corrected chi connectivity index (χ0v) is 13.5. The number of nitrogens with zero attached hydrogens (tertiary/aromatic N) is 1. The van der Waals surface area contributed by atoms with Crippen molar-refractivity contribution in [2.24, 2.45) is 0 Å². The van der Waals surface area contributed by atoms with E-state index in [1.54, 1.807) is 24.5 Å². The van der Waals surface area contributed by atoms with E-state index in [0.717, 1.165) is 16.5 Å². The number of ether oxygens (including phenoxy) is 1. The van der Waals surface area contributed by atoms with Crippen LogP contribution in [-0.2, 0) is 6.54 Å². The molecule has 0 bridgehead atoms. The highest BCUT2D eigenvalue weighted by atomic mass is 16.5. The predicted octanol–water partition coefficient (Wildman–Crippen LogP) is 1.72. The summed E-state index contributed by atoms with van der Waals surface area (Å²) in [6.45, 7) is 0.270. The maximum absolute atomic E-state index is 12.2. The number of methoxy groups -OCH3 is 1. The second kappa shape index (κ2) is 7.35. The fraction of sp³-hybridized carbons (Fsp3) is 0.118. The molecule has 0 radical (unpaired) electrons. The summed E-state index contributed by atoms with van der Waals surface area (Å²) in [4.78, 5) is 31.0. The lowest BCUT2D eigenvalue weighted by Crippen LogP contribution is -2.46. The Labute approximate surface area is 143 Å². The summed E-state index contributed by atoms with van der Waals surface area (Å²) in [7, 11) is 1.53. The Morgan fingerprint density at radius 1 is 1.16 bits per heavy atom. The highest BCUT2D eigenvalue weighted by Crippen LogP contribution is 2.17. The van der Waals surface area contributed by atoms with Gasteiger partial charge in [-0.1, -0.05) is 24.3 Å². The molecule has 8 heteroatoms. The first-order chi connectivity index (χ1) is 12.2.